The lowest BCUT2D eigenvalue weighted by atomic mass is 10.0. The van der Waals surface area contributed by atoms with Crippen molar-refractivity contribution in [3.63, 3.8) is 0 Å². The molecular weight excluding hydrogens is 370 g/mol. The zero-order valence-electron chi connectivity index (χ0n) is 15.2. The Hall–Kier alpha value is -2.77. The number of methoxy groups -OCH3 is 2. The van der Waals surface area contributed by atoms with Crippen molar-refractivity contribution in [3.8, 4) is 11.5 Å². The van der Waals surface area contributed by atoms with E-state index >= 15 is 0 Å². The molecule has 27 heavy (non-hydrogen) atoms. The predicted octanol–water partition coefficient (Wildman–Crippen LogP) is 2.27. The zero-order valence-corrected chi connectivity index (χ0v) is 16.0. The van der Waals surface area contributed by atoms with Crippen LogP contribution in [0.5, 0.6) is 11.5 Å². The van der Waals surface area contributed by atoms with Gasteiger partial charge in [-0.2, -0.15) is 0 Å². The third kappa shape index (κ3) is 7.16. The second-order valence-electron chi connectivity index (χ2n) is 5.65. The molecule has 0 saturated heterocycles. The Morgan fingerprint density at radius 1 is 1.00 bits per heavy atom. The van der Waals surface area contributed by atoms with Gasteiger partial charge in [0, 0.05) is 36.3 Å². The maximum atomic E-state index is 12.0. The average Bonchev–Trinajstić information content (AvgIpc) is 2.66. The first-order valence-electron chi connectivity index (χ1n) is 8.12. The van der Waals surface area contributed by atoms with Crippen LogP contribution < -0.4 is 25.8 Å². The average molecular weight is 394 g/mol. The van der Waals surface area contributed by atoms with E-state index in [9.17, 15) is 9.59 Å². The first-order valence-corrected chi connectivity index (χ1v) is 8.12. The number of carbonyl (C=O) groups excluding carboxylic acids is 2. The Balaban J connectivity index is 0.00000364. The van der Waals surface area contributed by atoms with Crippen LogP contribution in [0, 0.1) is 0 Å². The van der Waals surface area contributed by atoms with Gasteiger partial charge in [0.15, 0.2) is 0 Å². The van der Waals surface area contributed by atoms with Gasteiger partial charge in [-0.1, -0.05) is 30.3 Å². The summed E-state index contributed by atoms with van der Waals surface area (Å²) in [6, 6.07) is 13.9. The summed E-state index contributed by atoms with van der Waals surface area (Å²) in [6.45, 7) is -0.153. The number of rotatable bonds is 8. The summed E-state index contributed by atoms with van der Waals surface area (Å²) in [6.07, 6.45) is 0.101. The summed E-state index contributed by atoms with van der Waals surface area (Å²) in [5, 5.41) is 5.25. The number of hydrogen-bond acceptors (Lipinski definition) is 5. The van der Waals surface area contributed by atoms with Crippen molar-refractivity contribution in [2.45, 2.75) is 12.5 Å². The number of amides is 2. The van der Waals surface area contributed by atoms with Crippen LogP contribution in [-0.4, -0.2) is 32.6 Å². The Morgan fingerprint density at radius 3 is 2.15 bits per heavy atom. The van der Waals surface area contributed by atoms with Crippen LogP contribution in [0.3, 0.4) is 0 Å². The minimum atomic E-state index is -0.415. The summed E-state index contributed by atoms with van der Waals surface area (Å²) in [5.41, 5.74) is 7.39. The molecule has 0 aromatic heterocycles. The van der Waals surface area contributed by atoms with Crippen molar-refractivity contribution < 1.29 is 19.1 Å². The van der Waals surface area contributed by atoms with E-state index in [4.69, 9.17) is 15.2 Å². The predicted molar refractivity (Wildman–Crippen MR) is 106 cm³/mol. The quantitative estimate of drug-likeness (QED) is 0.638. The molecule has 0 bridgehead atoms. The minimum Gasteiger partial charge on any atom is -0.497 e. The standard InChI is InChI=1S/C19H23N3O4.ClH/c1-25-15-8-14(9-16(10-15)26-2)22-19(24)12-21-18(23)11-17(20)13-6-4-3-5-7-13;/h3-10,17H,11-12,20H2,1-2H3,(H,21,23)(H,22,24);1H. The highest BCUT2D eigenvalue weighted by Gasteiger charge is 2.13. The molecule has 8 heteroatoms. The number of hydrogen-bond donors (Lipinski definition) is 3. The van der Waals surface area contributed by atoms with Crippen LogP contribution in [0.4, 0.5) is 5.69 Å². The summed E-state index contributed by atoms with van der Waals surface area (Å²) in [4.78, 5) is 24.0. The molecule has 2 aromatic rings. The Morgan fingerprint density at radius 2 is 1.59 bits per heavy atom. The van der Waals surface area contributed by atoms with Crippen LogP contribution in [0.25, 0.3) is 0 Å². The van der Waals surface area contributed by atoms with Crippen molar-refractivity contribution in [3.05, 3.63) is 54.1 Å². The van der Waals surface area contributed by atoms with Crippen molar-refractivity contribution in [2.24, 2.45) is 5.73 Å². The van der Waals surface area contributed by atoms with E-state index in [-0.39, 0.29) is 37.2 Å². The van der Waals surface area contributed by atoms with Gasteiger partial charge in [0.25, 0.3) is 0 Å². The molecule has 2 aromatic carbocycles. The molecule has 0 fully saturated rings. The molecular formula is C19H24ClN3O4. The Bertz CT molecular complexity index is 734. The fourth-order valence-electron chi connectivity index (χ4n) is 2.35. The number of nitrogens with two attached hydrogens (primary N) is 1. The van der Waals surface area contributed by atoms with Crippen LogP contribution in [0.15, 0.2) is 48.5 Å². The summed E-state index contributed by atoms with van der Waals surface area (Å²) >= 11 is 0. The van der Waals surface area contributed by atoms with E-state index < -0.39 is 6.04 Å². The van der Waals surface area contributed by atoms with Crippen LogP contribution in [-0.2, 0) is 9.59 Å². The highest BCUT2D eigenvalue weighted by molar-refractivity contribution is 5.94. The highest BCUT2D eigenvalue weighted by Crippen LogP contribution is 2.25. The third-order valence-electron chi connectivity index (χ3n) is 3.71. The summed E-state index contributed by atoms with van der Waals surface area (Å²) in [5.74, 6) is 0.455. The summed E-state index contributed by atoms with van der Waals surface area (Å²) in [7, 11) is 3.05. The third-order valence-corrected chi connectivity index (χ3v) is 3.71. The van der Waals surface area contributed by atoms with Gasteiger partial charge in [0.05, 0.1) is 20.8 Å². The number of halogens is 1. The van der Waals surface area contributed by atoms with Crippen LogP contribution in [0.2, 0.25) is 0 Å². The van der Waals surface area contributed by atoms with E-state index in [1.54, 1.807) is 18.2 Å². The molecule has 0 heterocycles. The molecule has 0 radical (unpaired) electrons. The molecule has 0 aliphatic rings. The molecule has 7 nitrogen and oxygen atoms in total. The fourth-order valence-corrected chi connectivity index (χ4v) is 2.35. The van der Waals surface area contributed by atoms with Crippen LogP contribution >= 0.6 is 12.4 Å². The number of anilines is 1. The second-order valence-corrected chi connectivity index (χ2v) is 5.65. The molecule has 1 atom stereocenters. The van der Waals surface area contributed by atoms with Crippen molar-refractivity contribution in [2.75, 3.05) is 26.1 Å². The normalized spacial score (nSPS) is 10.9. The molecule has 146 valence electrons. The van der Waals surface area contributed by atoms with E-state index in [1.807, 2.05) is 30.3 Å². The van der Waals surface area contributed by atoms with Gasteiger partial charge >= 0.3 is 0 Å². The first kappa shape index (κ1) is 22.3. The SMILES string of the molecule is COc1cc(NC(=O)CNC(=O)CC(N)c2ccccc2)cc(OC)c1.Cl. The number of nitrogens with one attached hydrogen (secondary N) is 2. The smallest absolute Gasteiger partial charge is 0.243 e. The molecule has 2 amide bonds. The van der Waals surface area contributed by atoms with E-state index in [0.29, 0.717) is 17.2 Å². The van der Waals surface area contributed by atoms with E-state index in [1.165, 1.54) is 14.2 Å². The van der Waals surface area contributed by atoms with Gasteiger partial charge in [-0.05, 0) is 5.56 Å². The lowest BCUT2D eigenvalue weighted by Gasteiger charge is -2.13. The van der Waals surface area contributed by atoms with E-state index in [2.05, 4.69) is 10.6 Å². The summed E-state index contributed by atoms with van der Waals surface area (Å²) < 4.78 is 10.3. The molecule has 2 rings (SSSR count). The Labute approximate surface area is 164 Å². The molecule has 0 aliphatic carbocycles. The number of benzene rings is 2. The van der Waals surface area contributed by atoms with Crippen molar-refractivity contribution >= 4 is 29.9 Å². The van der Waals surface area contributed by atoms with Crippen molar-refractivity contribution in [1.82, 2.24) is 5.32 Å². The maximum absolute atomic E-state index is 12.0. The minimum absolute atomic E-state index is 0. The molecule has 0 saturated carbocycles. The fraction of sp³-hybridized carbons (Fsp3) is 0.263. The zero-order chi connectivity index (χ0) is 18.9. The topological polar surface area (TPSA) is 103 Å². The van der Waals surface area contributed by atoms with Gasteiger partial charge in [-0.25, -0.2) is 0 Å². The molecule has 4 N–H and O–H groups in total. The van der Waals surface area contributed by atoms with Gasteiger partial charge in [0.1, 0.15) is 11.5 Å². The first-order chi connectivity index (χ1) is 12.5. The molecule has 0 spiro atoms. The Kier molecular flexibility index (Phi) is 9.12. The van der Waals surface area contributed by atoms with Gasteiger partial charge < -0.3 is 25.8 Å². The van der Waals surface area contributed by atoms with E-state index in [0.717, 1.165) is 5.56 Å². The monoisotopic (exact) mass is 393 g/mol. The number of carbonyl (C=O) groups is 2. The molecule has 0 aliphatic heterocycles. The lowest BCUT2D eigenvalue weighted by molar-refractivity contribution is -0.124. The highest BCUT2D eigenvalue weighted by atomic mass is 35.5. The van der Waals surface area contributed by atoms with Gasteiger partial charge in [-0.15, -0.1) is 12.4 Å². The second kappa shape index (κ2) is 11.1. The largest absolute Gasteiger partial charge is 0.497 e. The molecule has 1 unspecified atom stereocenters. The van der Waals surface area contributed by atoms with Crippen molar-refractivity contribution in [1.29, 1.82) is 0 Å². The lowest BCUT2D eigenvalue weighted by Crippen LogP contribution is -2.34. The van der Waals surface area contributed by atoms with Gasteiger partial charge in [-0.3, -0.25) is 9.59 Å². The van der Waals surface area contributed by atoms with Crippen LogP contribution in [0.1, 0.15) is 18.0 Å². The maximum Gasteiger partial charge on any atom is 0.243 e. The van der Waals surface area contributed by atoms with Gasteiger partial charge in [0.2, 0.25) is 11.8 Å². The number of ether oxygens (including phenoxy) is 2.